The molecular weight excluding hydrogens is 438 g/mol. The summed E-state index contributed by atoms with van der Waals surface area (Å²) in [5.41, 5.74) is 2.67. The van der Waals surface area contributed by atoms with E-state index in [-0.39, 0.29) is 12.3 Å². The van der Waals surface area contributed by atoms with Gasteiger partial charge in [-0.05, 0) is 43.3 Å². The number of thioether (sulfide) groups is 1. The second-order valence-electron chi connectivity index (χ2n) is 6.69. The molecule has 0 atom stereocenters. The third-order valence-corrected chi connectivity index (χ3v) is 5.27. The standard InChI is InChI=1S/C21H18ClN5O3S/c1-13-3-2-4-14(11-13)20-25-26-21(29-20)31-12-17-24-19(30-27-17)10-9-18(28)23-16-7-5-15(22)6-8-16/h2-8,11H,9-10,12H2,1H3,(H,23,28). The van der Waals surface area contributed by atoms with Gasteiger partial charge in [0.05, 0.1) is 5.75 Å². The average Bonchev–Trinajstić information content (AvgIpc) is 3.42. The summed E-state index contributed by atoms with van der Waals surface area (Å²) in [6.07, 6.45) is 0.566. The first-order valence-electron chi connectivity index (χ1n) is 9.45. The fraction of sp³-hybridized carbons (Fsp3) is 0.190. The summed E-state index contributed by atoms with van der Waals surface area (Å²) in [6, 6.07) is 14.8. The summed E-state index contributed by atoms with van der Waals surface area (Å²) in [4.78, 5) is 16.4. The molecule has 1 amide bonds. The minimum atomic E-state index is -0.147. The highest BCUT2D eigenvalue weighted by Crippen LogP contribution is 2.25. The number of anilines is 1. The van der Waals surface area contributed by atoms with Gasteiger partial charge in [-0.1, -0.05) is 46.2 Å². The third kappa shape index (κ3) is 5.93. The Morgan fingerprint density at radius 1 is 1.16 bits per heavy atom. The number of hydrogen-bond acceptors (Lipinski definition) is 8. The minimum Gasteiger partial charge on any atom is -0.411 e. The lowest BCUT2D eigenvalue weighted by Crippen LogP contribution is -2.12. The highest BCUT2D eigenvalue weighted by atomic mass is 35.5. The van der Waals surface area contributed by atoms with Gasteiger partial charge in [-0.3, -0.25) is 4.79 Å². The Morgan fingerprint density at radius 2 is 2.00 bits per heavy atom. The molecule has 0 radical (unpaired) electrons. The van der Waals surface area contributed by atoms with Crippen LogP contribution in [-0.4, -0.2) is 26.2 Å². The van der Waals surface area contributed by atoms with Crippen molar-refractivity contribution in [3.8, 4) is 11.5 Å². The van der Waals surface area contributed by atoms with Gasteiger partial charge in [0, 0.05) is 29.1 Å². The van der Waals surface area contributed by atoms with Crippen molar-refractivity contribution >= 4 is 35.0 Å². The van der Waals surface area contributed by atoms with E-state index in [1.165, 1.54) is 11.8 Å². The Bertz CT molecular complexity index is 1180. The molecule has 0 spiro atoms. The van der Waals surface area contributed by atoms with E-state index < -0.39 is 0 Å². The molecule has 158 valence electrons. The fourth-order valence-corrected chi connectivity index (χ4v) is 3.45. The van der Waals surface area contributed by atoms with E-state index in [0.29, 0.717) is 45.7 Å². The van der Waals surface area contributed by atoms with Gasteiger partial charge in [-0.2, -0.15) is 4.98 Å². The molecule has 0 unspecified atom stereocenters. The zero-order valence-corrected chi connectivity index (χ0v) is 18.1. The van der Waals surface area contributed by atoms with E-state index in [2.05, 4.69) is 25.7 Å². The number of rotatable bonds is 8. The average molecular weight is 456 g/mol. The molecule has 0 saturated heterocycles. The molecule has 0 fully saturated rings. The molecule has 2 aromatic carbocycles. The Kier molecular flexibility index (Phi) is 6.63. The molecule has 0 saturated carbocycles. The molecule has 31 heavy (non-hydrogen) atoms. The van der Waals surface area contributed by atoms with Crippen LogP contribution in [0.5, 0.6) is 0 Å². The first-order chi connectivity index (χ1) is 15.0. The number of carbonyl (C=O) groups excluding carboxylic acids is 1. The lowest BCUT2D eigenvalue weighted by molar-refractivity contribution is -0.116. The summed E-state index contributed by atoms with van der Waals surface area (Å²) >= 11 is 7.15. The van der Waals surface area contributed by atoms with Crippen molar-refractivity contribution in [2.24, 2.45) is 0 Å². The number of aryl methyl sites for hydroxylation is 2. The van der Waals surface area contributed by atoms with E-state index in [4.69, 9.17) is 20.5 Å². The quantitative estimate of drug-likeness (QED) is 0.372. The maximum Gasteiger partial charge on any atom is 0.277 e. The molecular formula is C21H18ClN5O3S. The van der Waals surface area contributed by atoms with Crippen molar-refractivity contribution in [2.75, 3.05) is 5.32 Å². The Hall–Kier alpha value is -3.17. The first-order valence-corrected chi connectivity index (χ1v) is 10.8. The van der Waals surface area contributed by atoms with Gasteiger partial charge < -0.3 is 14.3 Å². The van der Waals surface area contributed by atoms with E-state index in [9.17, 15) is 4.79 Å². The Morgan fingerprint density at radius 3 is 2.81 bits per heavy atom. The zero-order valence-electron chi connectivity index (χ0n) is 16.5. The molecule has 2 aromatic heterocycles. The number of carbonyl (C=O) groups is 1. The van der Waals surface area contributed by atoms with Crippen LogP contribution in [0.3, 0.4) is 0 Å². The van der Waals surface area contributed by atoms with Crippen LogP contribution in [0.25, 0.3) is 11.5 Å². The second-order valence-corrected chi connectivity index (χ2v) is 8.05. The predicted molar refractivity (Wildman–Crippen MR) is 117 cm³/mol. The van der Waals surface area contributed by atoms with Crippen LogP contribution < -0.4 is 5.32 Å². The molecule has 0 aliphatic carbocycles. The van der Waals surface area contributed by atoms with Crippen molar-refractivity contribution in [3.63, 3.8) is 0 Å². The molecule has 1 N–H and O–H groups in total. The topological polar surface area (TPSA) is 107 Å². The molecule has 10 heteroatoms. The predicted octanol–water partition coefficient (Wildman–Crippen LogP) is 4.95. The van der Waals surface area contributed by atoms with Crippen LogP contribution >= 0.6 is 23.4 Å². The van der Waals surface area contributed by atoms with Crippen molar-refractivity contribution in [3.05, 3.63) is 70.8 Å². The summed E-state index contributed by atoms with van der Waals surface area (Å²) in [6.45, 7) is 2.00. The van der Waals surface area contributed by atoms with Crippen molar-refractivity contribution < 1.29 is 13.7 Å². The number of halogens is 1. The van der Waals surface area contributed by atoms with Gasteiger partial charge in [-0.15, -0.1) is 10.2 Å². The summed E-state index contributed by atoms with van der Waals surface area (Å²) in [7, 11) is 0. The number of hydrogen-bond donors (Lipinski definition) is 1. The molecule has 8 nitrogen and oxygen atoms in total. The third-order valence-electron chi connectivity index (χ3n) is 4.20. The number of amides is 1. The SMILES string of the molecule is Cc1cccc(-c2nnc(SCc3noc(CCC(=O)Nc4ccc(Cl)cc4)n3)o2)c1. The van der Waals surface area contributed by atoms with Crippen LogP contribution in [0, 0.1) is 6.92 Å². The number of benzene rings is 2. The van der Waals surface area contributed by atoms with Crippen LogP contribution in [0.1, 0.15) is 23.7 Å². The summed E-state index contributed by atoms with van der Waals surface area (Å²) < 4.78 is 10.9. The summed E-state index contributed by atoms with van der Waals surface area (Å²) in [5.74, 6) is 1.62. The van der Waals surface area contributed by atoms with Gasteiger partial charge >= 0.3 is 0 Å². The smallest absolute Gasteiger partial charge is 0.277 e. The first kappa shape index (κ1) is 21.1. The van der Waals surface area contributed by atoms with E-state index in [1.807, 2.05) is 31.2 Å². The largest absolute Gasteiger partial charge is 0.411 e. The molecule has 0 bridgehead atoms. The van der Waals surface area contributed by atoms with Crippen molar-refractivity contribution in [2.45, 2.75) is 30.7 Å². The van der Waals surface area contributed by atoms with Crippen molar-refractivity contribution in [1.82, 2.24) is 20.3 Å². The highest BCUT2D eigenvalue weighted by Gasteiger charge is 2.13. The number of nitrogens with one attached hydrogen (secondary N) is 1. The summed E-state index contributed by atoms with van der Waals surface area (Å²) in [5, 5.41) is 15.9. The molecule has 4 rings (SSSR count). The van der Waals surface area contributed by atoms with E-state index in [0.717, 1.165) is 11.1 Å². The van der Waals surface area contributed by atoms with E-state index in [1.54, 1.807) is 24.3 Å². The molecule has 0 aliphatic rings. The lowest BCUT2D eigenvalue weighted by Gasteiger charge is -2.03. The monoisotopic (exact) mass is 455 g/mol. The highest BCUT2D eigenvalue weighted by molar-refractivity contribution is 7.98. The Balaban J connectivity index is 1.26. The van der Waals surface area contributed by atoms with Gasteiger partial charge in [0.2, 0.25) is 17.7 Å². The van der Waals surface area contributed by atoms with Crippen LogP contribution in [-0.2, 0) is 17.0 Å². The van der Waals surface area contributed by atoms with Crippen molar-refractivity contribution in [1.29, 1.82) is 0 Å². The van der Waals surface area contributed by atoms with Crippen LogP contribution in [0.2, 0.25) is 5.02 Å². The molecule has 4 aromatic rings. The fourth-order valence-electron chi connectivity index (χ4n) is 2.72. The second kappa shape index (κ2) is 9.76. The van der Waals surface area contributed by atoms with Crippen LogP contribution in [0.4, 0.5) is 5.69 Å². The van der Waals surface area contributed by atoms with Gasteiger partial charge in [0.15, 0.2) is 5.82 Å². The van der Waals surface area contributed by atoms with Crippen LogP contribution in [0.15, 0.2) is 62.7 Å². The van der Waals surface area contributed by atoms with Gasteiger partial charge in [-0.25, -0.2) is 0 Å². The maximum atomic E-state index is 12.1. The van der Waals surface area contributed by atoms with E-state index >= 15 is 0 Å². The lowest BCUT2D eigenvalue weighted by atomic mass is 10.1. The molecule has 2 heterocycles. The maximum absolute atomic E-state index is 12.1. The number of nitrogens with zero attached hydrogens (tertiary/aromatic N) is 4. The molecule has 0 aliphatic heterocycles. The normalized spacial score (nSPS) is 10.9. The Labute approximate surface area is 187 Å². The number of aromatic nitrogens is 4. The minimum absolute atomic E-state index is 0.147. The van der Waals surface area contributed by atoms with Gasteiger partial charge in [0.25, 0.3) is 5.22 Å². The van der Waals surface area contributed by atoms with Gasteiger partial charge in [0.1, 0.15) is 0 Å². The zero-order chi connectivity index (χ0) is 21.6.